The van der Waals surface area contributed by atoms with Gasteiger partial charge in [-0.05, 0) is 0 Å². The molecule has 0 bridgehead atoms. The molecule has 2 aliphatic heterocycles. The van der Waals surface area contributed by atoms with E-state index < -0.39 is 11.9 Å². The van der Waals surface area contributed by atoms with E-state index in [2.05, 4.69) is 0 Å². The van der Waals surface area contributed by atoms with Crippen molar-refractivity contribution in [1.29, 1.82) is 0 Å². The van der Waals surface area contributed by atoms with Gasteiger partial charge in [0.1, 0.15) is 0 Å². The lowest BCUT2D eigenvalue weighted by atomic mass is 10.1. The smallest absolute Gasteiger partial charge is 0.308 e. The van der Waals surface area contributed by atoms with Crippen LogP contribution in [0.15, 0.2) is 12.1 Å². The number of fused-ring (bicyclic) bond motifs is 1. The lowest BCUT2D eigenvalue weighted by Crippen LogP contribution is -2.26. The molecule has 1 N–H and O–H groups in total. The Bertz CT molecular complexity index is 603. The molecule has 1 atom stereocenters. The summed E-state index contributed by atoms with van der Waals surface area (Å²) in [5.74, 6) is -0.860. The number of halogens is 1. The number of hydrogen-bond acceptors (Lipinski definition) is 4. The molecule has 0 saturated carbocycles. The summed E-state index contributed by atoms with van der Waals surface area (Å²) in [5.41, 5.74) is 0.467. The normalized spacial score (nSPS) is 21.3. The highest BCUT2D eigenvalue weighted by Gasteiger charge is 2.36. The highest BCUT2D eigenvalue weighted by molar-refractivity contribution is 6.34. The number of anilines is 1. The summed E-state index contributed by atoms with van der Waals surface area (Å²) in [7, 11) is 0. The Morgan fingerprint density at radius 1 is 1.29 bits per heavy atom. The Labute approximate surface area is 126 Å². The van der Waals surface area contributed by atoms with E-state index in [9.17, 15) is 9.59 Å². The van der Waals surface area contributed by atoms with Gasteiger partial charge in [0.25, 0.3) is 0 Å². The summed E-state index contributed by atoms with van der Waals surface area (Å²) in [4.78, 5) is 24.4. The van der Waals surface area contributed by atoms with E-state index in [1.165, 1.54) is 4.90 Å². The molecule has 7 heteroatoms. The maximum Gasteiger partial charge on any atom is 0.308 e. The van der Waals surface area contributed by atoms with Gasteiger partial charge in [-0.25, -0.2) is 0 Å². The summed E-state index contributed by atoms with van der Waals surface area (Å²) in [6.07, 6.45) is 0.755. The largest absolute Gasteiger partial charge is 0.490 e. The lowest BCUT2D eigenvalue weighted by molar-refractivity contribution is -0.141. The van der Waals surface area contributed by atoms with E-state index >= 15 is 0 Å². The third kappa shape index (κ3) is 2.63. The third-order valence-corrected chi connectivity index (χ3v) is 3.88. The molecule has 0 aromatic heterocycles. The SMILES string of the molecule is O=C(O)C1CC(=O)N(c2cc3c(cc2Cl)OCCCO3)C1. The quantitative estimate of drug-likeness (QED) is 0.903. The Morgan fingerprint density at radius 3 is 2.57 bits per heavy atom. The fraction of sp³-hybridized carbons (Fsp3) is 0.429. The minimum absolute atomic E-state index is 0.0138. The van der Waals surface area contributed by atoms with Crippen LogP contribution in [0.1, 0.15) is 12.8 Å². The standard InChI is InChI=1S/C14H14ClNO5/c15-9-5-11-12(21-3-1-2-20-11)6-10(9)16-7-8(14(18)19)4-13(16)17/h5-6,8H,1-4,7H2,(H,18,19). The number of carbonyl (C=O) groups excluding carboxylic acids is 1. The number of aliphatic carboxylic acids is 1. The van der Waals surface area contributed by atoms with Crippen LogP contribution in [0.5, 0.6) is 11.5 Å². The minimum Gasteiger partial charge on any atom is -0.490 e. The van der Waals surface area contributed by atoms with E-state index in [0.717, 1.165) is 6.42 Å². The molecule has 1 unspecified atom stereocenters. The van der Waals surface area contributed by atoms with Gasteiger partial charge in [-0.1, -0.05) is 11.6 Å². The maximum absolute atomic E-state index is 12.0. The predicted molar refractivity (Wildman–Crippen MR) is 75.2 cm³/mol. The van der Waals surface area contributed by atoms with Crippen LogP contribution in [0.3, 0.4) is 0 Å². The number of carbonyl (C=O) groups is 2. The Balaban J connectivity index is 1.94. The van der Waals surface area contributed by atoms with Crippen molar-refractivity contribution in [2.24, 2.45) is 5.92 Å². The molecule has 1 saturated heterocycles. The van der Waals surface area contributed by atoms with Gasteiger partial charge in [0.05, 0.1) is 29.8 Å². The number of hydrogen-bond donors (Lipinski definition) is 1. The first kappa shape index (κ1) is 14.0. The number of benzene rings is 1. The van der Waals surface area contributed by atoms with Crippen molar-refractivity contribution in [3.63, 3.8) is 0 Å². The maximum atomic E-state index is 12.0. The Kier molecular flexibility index (Phi) is 3.63. The van der Waals surface area contributed by atoms with Gasteiger partial charge in [-0.15, -0.1) is 0 Å². The summed E-state index contributed by atoms with van der Waals surface area (Å²) in [6.45, 7) is 1.19. The molecule has 1 fully saturated rings. The van der Waals surface area contributed by atoms with Gasteiger partial charge in [-0.2, -0.15) is 0 Å². The average Bonchev–Trinajstić information content (AvgIpc) is 2.68. The number of nitrogens with zero attached hydrogens (tertiary/aromatic N) is 1. The number of amides is 1. The van der Waals surface area contributed by atoms with Crippen molar-refractivity contribution in [3.8, 4) is 11.5 Å². The van der Waals surface area contributed by atoms with Crippen molar-refractivity contribution in [2.45, 2.75) is 12.8 Å². The van der Waals surface area contributed by atoms with E-state index in [4.69, 9.17) is 26.2 Å². The zero-order chi connectivity index (χ0) is 15.0. The van der Waals surface area contributed by atoms with Crippen LogP contribution < -0.4 is 14.4 Å². The first-order valence-electron chi connectivity index (χ1n) is 6.68. The highest BCUT2D eigenvalue weighted by Crippen LogP contribution is 2.41. The molecular weight excluding hydrogens is 298 g/mol. The number of carboxylic acids is 1. The number of ether oxygens (including phenoxy) is 2. The second-order valence-corrected chi connectivity index (χ2v) is 5.45. The monoisotopic (exact) mass is 311 g/mol. The topological polar surface area (TPSA) is 76.1 Å². The fourth-order valence-corrected chi connectivity index (χ4v) is 2.74. The summed E-state index contributed by atoms with van der Waals surface area (Å²) in [6, 6.07) is 3.25. The molecule has 0 radical (unpaired) electrons. The zero-order valence-electron chi connectivity index (χ0n) is 11.2. The molecule has 2 heterocycles. The van der Waals surface area contributed by atoms with Crippen LogP contribution >= 0.6 is 11.6 Å². The van der Waals surface area contributed by atoms with Crippen LogP contribution in [-0.2, 0) is 9.59 Å². The van der Waals surface area contributed by atoms with Crippen LogP contribution in [0, 0.1) is 5.92 Å². The van der Waals surface area contributed by atoms with Crippen LogP contribution in [-0.4, -0.2) is 36.7 Å². The second-order valence-electron chi connectivity index (χ2n) is 5.04. The predicted octanol–water partition coefficient (Wildman–Crippen LogP) is 1.94. The number of carboxylic acid groups (broad SMARTS) is 1. The summed E-state index contributed by atoms with van der Waals surface area (Å²) >= 11 is 6.21. The van der Waals surface area contributed by atoms with E-state index in [1.807, 2.05) is 0 Å². The van der Waals surface area contributed by atoms with Crippen molar-refractivity contribution in [3.05, 3.63) is 17.2 Å². The molecule has 0 aliphatic carbocycles. The third-order valence-electron chi connectivity index (χ3n) is 3.58. The van der Waals surface area contributed by atoms with Gasteiger partial charge in [0.15, 0.2) is 11.5 Å². The molecule has 21 heavy (non-hydrogen) atoms. The van der Waals surface area contributed by atoms with Crippen molar-refractivity contribution in [1.82, 2.24) is 0 Å². The molecule has 6 nitrogen and oxygen atoms in total. The second kappa shape index (κ2) is 5.44. The Morgan fingerprint density at radius 2 is 1.95 bits per heavy atom. The molecule has 0 spiro atoms. The first-order valence-corrected chi connectivity index (χ1v) is 7.06. The average molecular weight is 312 g/mol. The highest BCUT2D eigenvalue weighted by atomic mass is 35.5. The van der Waals surface area contributed by atoms with Gasteiger partial charge >= 0.3 is 5.97 Å². The molecule has 1 aromatic rings. The molecule has 112 valence electrons. The zero-order valence-corrected chi connectivity index (χ0v) is 11.9. The van der Waals surface area contributed by atoms with Gasteiger partial charge in [-0.3, -0.25) is 9.59 Å². The summed E-state index contributed by atoms with van der Waals surface area (Å²) in [5, 5.41) is 9.38. The van der Waals surface area contributed by atoms with E-state index in [1.54, 1.807) is 12.1 Å². The Hall–Kier alpha value is -1.95. The number of rotatable bonds is 2. The van der Waals surface area contributed by atoms with Gasteiger partial charge in [0, 0.05) is 31.5 Å². The van der Waals surface area contributed by atoms with Crippen LogP contribution in [0.25, 0.3) is 0 Å². The van der Waals surface area contributed by atoms with Crippen LogP contribution in [0.4, 0.5) is 5.69 Å². The van der Waals surface area contributed by atoms with E-state index in [-0.39, 0.29) is 18.9 Å². The molecule has 1 amide bonds. The molecular formula is C14H14ClNO5. The fourth-order valence-electron chi connectivity index (χ4n) is 2.49. The van der Waals surface area contributed by atoms with E-state index in [0.29, 0.717) is 35.4 Å². The van der Waals surface area contributed by atoms with Crippen molar-refractivity contribution in [2.75, 3.05) is 24.7 Å². The first-order chi connectivity index (χ1) is 10.1. The molecule has 3 rings (SSSR count). The van der Waals surface area contributed by atoms with Crippen LogP contribution in [0.2, 0.25) is 5.02 Å². The summed E-state index contributed by atoms with van der Waals surface area (Å²) < 4.78 is 11.1. The lowest BCUT2D eigenvalue weighted by Gasteiger charge is -2.19. The van der Waals surface area contributed by atoms with Gasteiger partial charge < -0.3 is 19.5 Å². The molecule has 1 aromatic carbocycles. The van der Waals surface area contributed by atoms with Gasteiger partial charge in [0.2, 0.25) is 5.91 Å². The molecule has 2 aliphatic rings. The van der Waals surface area contributed by atoms with Crippen molar-refractivity contribution >= 4 is 29.2 Å². The minimum atomic E-state index is -0.976. The van der Waals surface area contributed by atoms with Crippen molar-refractivity contribution < 1.29 is 24.2 Å².